The van der Waals surface area contributed by atoms with Crippen molar-refractivity contribution in [2.24, 2.45) is 11.1 Å². The van der Waals surface area contributed by atoms with E-state index < -0.39 is 0 Å². The molecular weight excluding hydrogens is 220 g/mol. The Hall–Kier alpha value is -1.02. The van der Waals surface area contributed by atoms with Crippen LogP contribution in [0, 0.1) is 12.3 Å². The van der Waals surface area contributed by atoms with Gasteiger partial charge >= 0.3 is 0 Å². The van der Waals surface area contributed by atoms with Crippen molar-refractivity contribution in [1.82, 2.24) is 0 Å². The van der Waals surface area contributed by atoms with Crippen molar-refractivity contribution < 1.29 is 0 Å². The summed E-state index contributed by atoms with van der Waals surface area (Å²) in [6, 6.07) is 7.06. The van der Waals surface area contributed by atoms with E-state index in [9.17, 15) is 0 Å². The van der Waals surface area contributed by atoms with E-state index in [-0.39, 0.29) is 6.04 Å². The molecule has 1 saturated heterocycles. The molecule has 2 nitrogen and oxygen atoms in total. The van der Waals surface area contributed by atoms with Gasteiger partial charge in [0.25, 0.3) is 0 Å². The molecule has 1 unspecified atom stereocenters. The highest BCUT2D eigenvalue weighted by Gasteiger charge is 2.29. The summed E-state index contributed by atoms with van der Waals surface area (Å²) in [4.78, 5) is 2.50. The van der Waals surface area contributed by atoms with Crippen LogP contribution < -0.4 is 10.6 Å². The van der Waals surface area contributed by atoms with Crippen LogP contribution in [-0.2, 0) is 6.42 Å². The van der Waals surface area contributed by atoms with Crippen molar-refractivity contribution >= 4 is 5.69 Å². The molecule has 1 atom stereocenters. The molecule has 0 aromatic heterocycles. The van der Waals surface area contributed by atoms with Gasteiger partial charge in [0.15, 0.2) is 0 Å². The topological polar surface area (TPSA) is 29.3 Å². The molecule has 0 spiro atoms. The van der Waals surface area contributed by atoms with Gasteiger partial charge in [-0.1, -0.05) is 19.9 Å². The van der Waals surface area contributed by atoms with E-state index in [1.54, 1.807) is 0 Å². The monoisotopic (exact) mass is 246 g/mol. The van der Waals surface area contributed by atoms with Crippen molar-refractivity contribution in [2.45, 2.75) is 46.6 Å². The molecule has 0 bridgehead atoms. The van der Waals surface area contributed by atoms with Crippen LogP contribution in [0.15, 0.2) is 18.2 Å². The van der Waals surface area contributed by atoms with E-state index >= 15 is 0 Å². The minimum Gasteiger partial charge on any atom is -0.371 e. The minimum atomic E-state index is 0.236. The van der Waals surface area contributed by atoms with Crippen LogP contribution in [0.2, 0.25) is 0 Å². The lowest BCUT2D eigenvalue weighted by Gasteiger charge is -2.22. The number of nitrogens with zero attached hydrogens (tertiary/aromatic N) is 1. The summed E-state index contributed by atoms with van der Waals surface area (Å²) in [6.07, 6.45) is 2.26. The third-order valence-corrected chi connectivity index (χ3v) is 3.91. The van der Waals surface area contributed by atoms with E-state index in [1.807, 2.05) is 0 Å². The summed E-state index contributed by atoms with van der Waals surface area (Å²) in [6.45, 7) is 11.3. The molecule has 1 aromatic carbocycles. The standard InChI is InChI=1S/C16H26N2/c1-12-9-15(6-5-14(12)10-13(2)17)18-8-7-16(3,4)11-18/h5-6,9,13H,7-8,10-11,17H2,1-4H3. The fourth-order valence-corrected chi connectivity index (χ4v) is 2.79. The average molecular weight is 246 g/mol. The Labute approximate surface area is 111 Å². The first kappa shape index (κ1) is 13.4. The molecule has 1 aromatic rings. The molecule has 0 saturated carbocycles. The second-order valence-corrected chi connectivity index (χ2v) is 6.63. The Bertz CT molecular complexity index is 421. The number of benzene rings is 1. The lowest BCUT2D eigenvalue weighted by Crippen LogP contribution is -2.23. The lowest BCUT2D eigenvalue weighted by atomic mass is 9.93. The molecule has 1 aliphatic heterocycles. The number of nitrogens with two attached hydrogens (primary N) is 1. The van der Waals surface area contributed by atoms with Gasteiger partial charge in [0, 0.05) is 24.8 Å². The number of rotatable bonds is 3. The lowest BCUT2D eigenvalue weighted by molar-refractivity contribution is 0.418. The van der Waals surface area contributed by atoms with Crippen LogP contribution in [0.5, 0.6) is 0 Å². The first-order valence-electron chi connectivity index (χ1n) is 6.97. The molecule has 18 heavy (non-hydrogen) atoms. The maximum Gasteiger partial charge on any atom is 0.0369 e. The fraction of sp³-hybridized carbons (Fsp3) is 0.625. The second-order valence-electron chi connectivity index (χ2n) is 6.63. The zero-order chi connectivity index (χ0) is 13.3. The van der Waals surface area contributed by atoms with Gasteiger partial charge in [-0.2, -0.15) is 0 Å². The van der Waals surface area contributed by atoms with Gasteiger partial charge in [-0.15, -0.1) is 0 Å². The maximum absolute atomic E-state index is 5.88. The van der Waals surface area contributed by atoms with Gasteiger partial charge in [-0.05, 0) is 55.4 Å². The van der Waals surface area contributed by atoms with E-state index in [0.29, 0.717) is 5.41 Å². The molecule has 2 rings (SSSR count). The molecular formula is C16H26N2. The van der Waals surface area contributed by atoms with Crippen molar-refractivity contribution in [3.63, 3.8) is 0 Å². The minimum absolute atomic E-state index is 0.236. The first-order chi connectivity index (χ1) is 8.37. The van der Waals surface area contributed by atoms with Crippen LogP contribution in [0.25, 0.3) is 0 Å². The Balaban J connectivity index is 2.14. The molecule has 100 valence electrons. The van der Waals surface area contributed by atoms with Gasteiger partial charge in [0.1, 0.15) is 0 Å². The Morgan fingerprint density at radius 3 is 2.61 bits per heavy atom. The van der Waals surface area contributed by atoms with E-state index in [2.05, 4.69) is 50.8 Å². The average Bonchev–Trinajstić information content (AvgIpc) is 2.61. The summed E-state index contributed by atoms with van der Waals surface area (Å²) in [5.41, 5.74) is 10.5. The predicted octanol–water partition coefficient (Wildman–Crippen LogP) is 3.12. The maximum atomic E-state index is 5.88. The SMILES string of the molecule is Cc1cc(N2CCC(C)(C)C2)ccc1CC(C)N. The molecule has 1 heterocycles. The van der Waals surface area contributed by atoms with Crippen LogP contribution >= 0.6 is 0 Å². The molecule has 2 N–H and O–H groups in total. The summed E-state index contributed by atoms with van der Waals surface area (Å²) in [5.74, 6) is 0. The molecule has 1 fully saturated rings. The third-order valence-electron chi connectivity index (χ3n) is 3.91. The molecule has 0 radical (unpaired) electrons. The zero-order valence-corrected chi connectivity index (χ0v) is 12.2. The number of hydrogen-bond donors (Lipinski definition) is 1. The summed E-state index contributed by atoms with van der Waals surface area (Å²) < 4.78 is 0. The van der Waals surface area contributed by atoms with Gasteiger partial charge in [-0.3, -0.25) is 0 Å². The summed E-state index contributed by atoms with van der Waals surface area (Å²) in [7, 11) is 0. The zero-order valence-electron chi connectivity index (χ0n) is 12.2. The summed E-state index contributed by atoms with van der Waals surface area (Å²) in [5, 5.41) is 0. The van der Waals surface area contributed by atoms with Crippen molar-refractivity contribution in [3.05, 3.63) is 29.3 Å². The first-order valence-corrected chi connectivity index (χ1v) is 6.97. The predicted molar refractivity (Wildman–Crippen MR) is 79.1 cm³/mol. The summed E-state index contributed by atoms with van der Waals surface area (Å²) >= 11 is 0. The largest absolute Gasteiger partial charge is 0.371 e. The highest BCUT2D eigenvalue weighted by Crippen LogP contribution is 2.33. The Morgan fingerprint density at radius 1 is 1.39 bits per heavy atom. The number of anilines is 1. The van der Waals surface area contributed by atoms with Gasteiger partial charge in [0.05, 0.1) is 0 Å². The quantitative estimate of drug-likeness (QED) is 0.888. The van der Waals surface area contributed by atoms with Crippen LogP contribution in [0.4, 0.5) is 5.69 Å². The van der Waals surface area contributed by atoms with Gasteiger partial charge < -0.3 is 10.6 Å². The fourth-order valence-electron chi connectivity index (χ4n) is 2.79. The van der Waals surface area contributed by atoms with Crippen LogP contribution in [0.1, 0.15) is 38.3 Å². The van der Waals surface area contributed by atoms with Gasteiger partial charge in [0.2, 0.25) is 0 Å². The normalized spacial score (nSPS) is 20.2. The van der Waals surface area contributed by atoms with Crippen molar-refractivity contribution in [1.29, 1.82) is 0 Å². The van der Waals surface area contributed by atoms with E-state index in [0.717, 1.165) is 6.42 Å². The highest BCUT2D eigenvalue weighted by atomic mass is 15.2. The number of aryl methyl sites for hydroxylation is 1. The van der Waals surface area contributed by atoms with Crippen molar-refractivity contribution in [2.75, 3.05) is 18.0 Å². The van der Waals surface area contributed by atoms with Crippen molar-refractivity contribution in [3.8, 4) is 0 Å². The molecule has 1 aliphatic rings. The highest BCUT2D eigenvalue weighted by molar-refractivity contribution is 5.52. The Morgan fingerprint density at radius 2 is 2.11 bits per heavy atom. The van der Waals surface area contributed by atoms with E-state index in [1.165, 1.54) is 36.3 Å². The smallest absolute Gasteiger partial charge is 0.0369 e. The molecule has 2 heteroatoms. The third kappa shape index (κ3) is 3.05. The Kier molecular flexibility index (Phi) is 3.67. The van der Waals surface area contributed by atoms with Crippen LogP contribution in [0.3, 0.4) is 0 Å². The molecule has 0 amide bonds. The van der Waals surface area contributed by atoms with Crippen LogP contribution in [-0.4, -0.2) is 19.1 Å². The van der Waals surface area contributed by atoms with Gasteiger partial charge in [-0.25, -0.2) is 0 Å². The molecule has 0 aliphatic carbocycles. The second kappa shape index (κ2) is 4.93. The van der Waals surface area contributed by atoms with E-state index in [4.69, 9.17) is 5.73 Å². The number of hydrogen-bond acceptors (Lipinski definition) is 2.